The van der Waals surface area contributed by atoms with Gasteiger partial charge >= 0.3 is 0 Å². The predicted octanol–water partition coefficient (Wildman–Crippen LogP) is 3.48. The van der Waals surface area contributed by atoms with Gasteiger partial charge in [0.15, 0.2) is 0 Å². The van der Waals surface area contributed by atoms with Crippen LogP contribution < -0.4 is 11.1 Å². The Morgan fingerprint density at radius 3 is 2.61 bits per heavy atom. The molecule has 2 aromatic rings. The number of nitrogens with one attached hydrogen (secondary N) is 1. The topological polar surface area (TPSA) is 55.1 Å². The quantitative estimate of drug-likeness (QED) is 0.812. The van der Waals surface area contributed by atoms with Crippen LogP contribution in [0.25, 0.3) is 0 Å². The molecule has 0 aliphatic carbocycles. The highest BCUT2D eigenvalue weighted by atomic mass is 35.5. The molecule has 0 aliphatic heterocycles. The summed E-state index contributed by atoms with van der Waals surface area (Å²) in [6, 6.07) is 12.4. The highest BCUT2D eigenvalue weighted by Gasteiger charge is 2.08. The van der Waals surface area contributed by atoms with E-state index in [0.29, 0.717) is 16.3 Å². The number of para-hydroxylation sites is 1. The Labute approximate surface area is 111 Å². The van der Waals surface area contributed by atoms with Crippen LogP contribution in [0.4, 0.5) is 11.4 Å². The molecule has 0 aliphatic rings. The standard InChI is InChI=1S/C14H13ClN2O/c1-9-4-2-3-5-13(9)17-14(18)10-6-7-12(16)11(15)8-10/h2-8H,16H2,1H3,(H,17,18). The van der Waals surface area contributed by atoms with Gasteiger partial charge in [-0.05, 0) is 36.8 Å². The summed E-state index contributed by atoms with van der Waals surface area (Å²) in [4.78, 5) is 12.0. The number of halogens is 1. The normalized spacial score (nSPS) is 10.1. The van der Waals surface area contributed by atoms with Gasteiger partial charge < -0.3 is 11.1 Å². The van der Waals surface area contributed by atoms with E-state index in [-0.39, 0.29) is 5.91 Å². The molecule has 0 saturated heterocycles. The van der Waals surface area contributed by atoms with E-state index in [1.54, 1.807) is 18.2 Å². The molecule has 0 saturated carbocycles. The molecule has 0 fully saturated rings. The van der Waals surface area contributed by atoms with Gasteiger partial charge in [-0.2, -0.15) is 0 Å². The molecule has 0 atom stereocenters. The lowest BCUT2D eigenvalue weighted by atomic mass is 10.1. The van der Waals surface area contributed by atoms with Crippen molar-refractivity contribution in [3.63, 3.8) is 0 Å². The smallest absolute Gasteiger partial charge is 0.255 e. The Kier molecular flexibility index (Phi) is 3.53. The first kappa shape index (κ1) is 12.5. The summed E-state index contributed by atoms with van der Waals surface area (Å²) < 4.78 is 0. The second-order valence-electron chi connectivity index (χ2n) is 4.01. The van der Waals surface area contributed by atoms with E-state index in [9.17, 15) is 4.79 Å². The van der Waals surface area contributed by atoms with E-state index in [1.807, 2.05) is 31.2 Å². The van der Waals surface area contributed by atoms with Crippen molar-refractivity contribution in [1.82, 2.24) is 0 Å². The maximum atomic E-state index is 12.0. The van der Waals surface area contributed by atoms with Crippen LogP contribution >= 0.6 is 11.6 Å². The van der Waals surface area contributed by atoms with Crippen LogP contribution in [0.2, 0.25) is 5.02 Å². The van der Waals surface area contributed by atoms with Gasteiger partial charge in [-0.25, -0.2) is 0 Å². The Balaban J connectivity index is 2.22. The molecule has 2 rings (SSSR count). The molecule has 3 nitrogen and oxygen atoms in total. The van der Waals surface area contributed by atoms with Crippen LogP contribution in [0.3, 0.4) is 0 Å². The fraction of sp³-hybridized carbons (Fsp3) is 0.0714. The number of hydrogen-bond donors (Lipinski definition) is 2. The van der Waals surface area contributed by atoms with Crippen LogP contribution in [0.5, 0.6) is 0 Å². The van der Waals surface area contributed by atoms with E-state index in [0.717, 1.165) is 11.3 Å². The van der Waals surface area contributed by atoms with Crippen molar-refractivity contribution >= 4 is 28.9 Å². The van der Waals surface area contributed by atoms with Crippen molar-refractivity contribution in [2.24, 2.45) is 0 Å². The number of carbonyl (C=O) groups excluding carboxylic acids is 1. The molecule has 0 spiro atoms. The maximum absolute atomic E-state index is 12.0. The van der Waals surface area contributed by atoms with Gasteiger partial charge in [-0.15, -0.1) is 0 Å². The summed E-state index contributed by atoms with van der Waals surface area (Å²) in [5.74, 6) is -0.203. The van der Waals surface area contributed by atoms with Crippen molar-refractivity contribution < 1.29 is 4.79 Å². The van der Waals surface area contributed by atoms with Crippen molar-refractivity contribution in [2.45, 2.75) is 6.92 Å². The third-order valence-electron chi connectivity index (χ3n) is 2.66. The minimum atomic E-state index is -0.203. The van der Waals surface area contributed by atoms with Crippen LogP contribution in [0.15, 0.2) is 42.5 Å². The van der Waals surface area contributed by atoms with Crippen molar-refractivity contribution in [3.05, 3.63) is 58.6 Å². The molecule has 0 aromatic heterocycles. The lowest BCUT2D eigenvalue weighted by Gasteiger charge is -2.08. The minimum absolute atomic E-state index is 0.203. The molecule has 0 bridgehead atoms. The second kappa shape index (κ2) is 5.10. The zero-order chi connectivity index (χ0) is 13.1. The summed E-state index contributed by atoms with van der Waals surface area (Å²) in [6.07, 6.45) is 0. The number of anilines is 2. The molecule has 4 heteroatoms. The first-order valence-corrected chi connectivity index (χ1v) is 5.88. The zero-order valence-corrected chi connectivity index (χ0v) is 10.7. The average molecular weight is 261 g/mol. The van der Waals surface area contributed by atoms with Gasteiger partial charge in [-0.3, -0.25) is 4.79 Å². The fourth-order valence-corrected chi connectivity index (χ4v) is 1.76. The molecule has 1 amide bonds. The highest BCUT2D eigenvalue weighted by Crippen LogP contribution is 2.21. The number of nitrogen functional groups attached to an aromatic ring is 1. The monoisotopic (exact) mass is 260 g/mol. The molecular formula is C14H13ClN2O. The van der Waals surface area contributed by atoms with Gasteiger partial charge in [0, 0.05) is 11.3 Å². The van der Waals surface area contributed by atoms with Crippen LogP contribution in [0.1, 0.15) is 15.9 Å². The number of benzene rings is 2. The van der Waals surface area contributed by atoms with Crippen molar-refractivity contribution in [2.75, 3.05) is 11.1 Å². The van der Waals surface area contributed by atoms with E-state index in [2.05, 4.69) is 5.32 Å². The zero-order valence-electron chi connectivity index (χ0n) is 9.91. The van der Waals surface area contributed by atoms with Crippen LogP contribution in [0, 0.1) is 6.92 Å². The van der Waals surface area contributed by atoms with Gasteiger partial charge in [0.05, 0.1) is 10.7 Å². The SMILES string of the molecule is Cc1ccccc1NC(=O)c1ccc(N)c(Cl)c1. The van der Waals surface area contributed by atoms with Crippen LogP contribution in [-0.4, -0.2) is 5.91 Å². The second-order valence-corrected chi connectivity index (χ2v) is 4.41. The lowest BCUT2D eigenvalue weighted by Crippen LogP contribution is -2.12. The third kappa shape index (κ3) is 2.63. The lowest BCUT2D eigenvalue weighted by molar-refractivity contribution is 0.102. The Hall–Kier alpha value is -2.00. The Morgan fingerprint density at radius 1 is 1.22 bits per heavy atom. The highest BCUT2D eigenvalue weighted by molar-refractivity contribution is 6.33. The van der Waals surface area contributed by atoms with E-state index < -0.39 is 0 Å². The van der Waals surface area contributed by atoms with Crippen molar-refractivity contribution in [1.29, 1.82) is 0 Å². The number of rotatable bonds is 2. The summed E-state index contributed by atoms with van der Waals surface area (Å²) in [5.41, 5.74) is 8.34. The molecule has 2 aromatic carbocycles. The predicted molar refractivity (Wildman–Crippen MR) is 75.0 cm³/mol. The number of aryl methyl sites for hydroxylation is 1. The molecule has 0 heterocycles. The molecule has 0 radical (unpaired) electrons. The minimum Gasteiger partial charge on any atom is -0.398 e. The largest absolute Gasteiger partial charge is 0.398 e. The number of nitrogens with two attached hydrogens (primary N) is 1. The van der Waals surface area contributed by atoms with Crippen LogP contribution in [-0.2, 0) is 0 Å². The van der Waals surface area contributed by atoms with Gasteiger partial charge in [0.2, 0.25) is 0 Å². The molecule has 18 heavy (non-hydrogen) atoms. The number of carbonyl (C=O) groups is 1. The molecular weight excluding hydrogens is 248 g/mol. The third-order valence-corrected chi connectivity index (χ3v) is 2.98. The average Bonchev–Trinajstić information content (AvgIpc) is 2.35. The summed E-state index contributed by atoms with van der Waals surface area (Å²) in [6.45, 7) is 1.94. The van der Waals surface area contributed by atoms with E-state index in [4.69, 9.17) is 17.3 Å². The summed E-state index contributed by atoms with van der Waals surface area (Å²) in [5, 5.41) is 3.22. The Bertz CT molecular complexity index is 596. The van der Waals surface area contributed by atoms with Gasteiger partial charge in [0.1, 0.15) is 0 Å². The van der Waals surface area contributed by atoms with Crippen molar-refractivity contribution in [3.8, 4) is 0 Å². The molecule has 3 N–H and O–H groups in total. The first-order chi connectivity index (χ1) is 8.58. The maximum Gasteiger partial charge on any atom is 0.255 e. The molecule has 0 unspecified atom stereocenters. The number of amides is 1. The fourth-order valence-electron chi connectivity index (χ4n) is 1.58. The summed E-state index contributed by atoms with van der Waals surface area (Å²) in [7, 11) is 0. The molecule has 92 valence electrons. The van der Waals surface area contributed by atoms with E-state index in [1.165, 1.54) is 0 Å². The number of hydrogen-bond acceptors (Lipinski definition) is 2. The van der Waals surface area contributed by atoms with Gasteiger partial charge in [-0.1, -0.05) is 29.8 Å². The first-order valence-electron chi connectivity index (χ1n) is 5.50. The van der Waals surface area contributed by atoms with Gasteiger partial charge in [0.25, 0.3) is 5.91 Å². The Morgan fingerprint density at radius 2 is 1.94 bits per heavy atom. The van der Waals surface area contributed by atoms with E-state index >= 15 is 0 Å². The summed E-state index contributed by atoms with van der Waals surface area (Å²) >= 11 is 5.89.